The van der Waals surface area contributed by atoms with Gasteiger partial charge in [0.05, 0.1) is 12.8 Å². The van der Waals surface area contributed by atoms with Gasteiger partial charge in [-0.2, -0.15) is 5.26 Å². The van der Waals surface area contributed by atoms with Crippen LogP contribution in [-0.4, -0.2) is 18.3 Å². The normalized spacial score (nSPS) is 10.2. The van der Waals surface area contributed by atoms with E-state index in [1.165, 1.54) is 0 Å². The molecule has 4 nitrogen and oxygen atoms in total. The summed E-state index contributed by atoms with van der Waals surface area (Å²) >= 11 is 0. The van der Waals surface area contributed by atoms with E-state index >= 15 is 0 Å². The van der Waals surface area contributed by atoms with E-state index < -0.39 is 0 Å². The van der Waals surface area contributed by atoms with Gasteiger partial charge in [0.15, 0.2) is 0 Å². The Labute approximate surface area is 105 Å². The summed E-state index contributed by atoms with van der Waals surface area (Å²) in [6.45, 7) is 0. The summed E-state index contributed by atoms with van der Waals surface area (Å²) in [6, 6.07) is 12.9. The lowest BCUT2D eigenvalue weighted by Gasteiger charge is -1.99. The molecule has 0 unspecified atom stereocenters. The first-order chi connectivity index (χ1) is 8.81. The smallest absolute Gasteiger partial charge is 0.140 e. The molecule has 0 aliphatic rings. The summed E-state index contributed by atoms with van der Waals surface area (Å²) in [5.41, 5.74) is 2.05. The van der Waals surface area contributed by atoms with Crippen LogP contribution in [0, 0.1) is 11.3 Å². The molecule has 1 aromatic heterocycles. The molecule has 0 bridgehead atoms. The molecule has 0 saturated heterocycles. The van der Waals surface area contributed by atoms with Crippen LogP contribution in [0.3, 0.4) is 0 Å². The van der Waals surface area contributed by atoms with Crippen molar-refractivity contribution in [3.8, 4) is 11.8 Å². The number of aromatic nitrogens is 1. The largest absolute Gasteiger partial charge is 0.497 e. The van der Waals surface area contributed by atoms with Crippen molar-refractivity contribution in [3.05, 3.63) is 53.9 Å². The molecular formula is C14H11N3O. The maximum absolute atomic E-state index is 8.63. The molecule has 4 heteroatoms. The number of methoxy groups -OCH3 is 1. The summed E-state index contributed by atoms with van der Waals surface area (Å²) in [7, 11) is 1.62. The second kappa shape index (κ2) is 5.60. The van der Waals surface area contributed by atoms with Gasteiger partial charge in [-0.1, -0.05) is 6.07 Å². The average molecular weight is 237 g/mol. The number of benzene rings is 1. The third kappa shape index (κ3) is 2.92. The Kier molecular flexibility index (Phi) is 3.67. The zero-order valence-corrected chi connectivity index (χ0v) is 9.87. The minimum atomic E-state index is 0.397. The Morgan fingerprint density at radius 3 is 2.89 bits per heavy atom. The molecule has 0 aliphatic carbocycles. The van der Waals surface area contributed by atoms with Gasteiger partial charge in [-0.05, 0) is 24.3 Å². The lowest BCUT2D eigenvalue weighted by molar-refractivity contribution is 0.415. The van der Waals surface area contributed by atoms with Gasteiger partial charge in [0.1, 0.15) is 17.5 Å². The van der Waals surface area contributed by atoms with Crippen molar-refractivity contribution in [2.75, 3.05) is 7.11 Å². The zero-order chi connectivity index (χ0) is 12.8. The SMILES string of the molecule is COc1cccc(N=Cc2ccc(C#N)nc2)c1. The number of nitriles is 1. The first kappa shape index (κ1) is 11.8. The highest BCUT2D eigenvalue weighted by Crippen LogP contribution is 2.19. The second-order valence-electron chi connectivity index (χ2n) is 3.55. The first-order valence-corrected chi connectivity index (χ1v) is 5.36. The lowest BCUT2D eigenvalue weighted by atomic mass is 10.2. The summed E-state index contributed by atoms with van der Waals surface area (Å²) in [6.07, 6.45) is 3.31. The first-order valence-electron chi connectivity index (χ1n) is 5.36. The Balaban J connectivity index is 2.16. The molecule has 0 N–H and O–H groups in total. The number of hydrogen-bond donors (Lipinski definition) is 0. The zero-order valence-electron chi connectivity index (χ0n) is 9.87. The molecular weight excluding hydrogens is 226 g/mol. The molecule has 88 valence electrons. The summed E-state index contributed by atoms with van der Waals surface area (Å²) in [4.78, 5) is 8.28. The van der Waals surface area contributed by atoms with E-state index in [2.05, 4.69) is 9.98 Å². The molecule has 0 spiro atoms. The second-order valence-corrected chi connectivity index (χ2v) is 3.55. The maximum atomic E-state index is 8.63. The van der Waals surface area contributed by atoms with Gasteiger partial charge in [-0.15, -0.1) is 0 Å². The molecule has 0 amide bonds. The van der Waals surface area contributed by atoms with Crippen molar-refractivity contribution in [2.24, 2.45) is 4.99 Å². The van der Waals surface area contributed by atoms with Gasteiger partial charge < -0.3 is 4.74 Å². The topological polar surface area (TPSA) is 58.3 Å². The fourth-order valence-corrected chi connectivity index (χ4v) is 1.39. The minimum absolute atomic E-state index is 0.397. The molecule has 18 heavy (non-hydrogen) atoms. The quantitative estimate of drug-likeness (QED) is 0.771. The molecule has 0 aliphatic heterocycles. The van der Waals surface area contributed by atoms with Crippen molar-refractivity contribution < 1.29 is 4.74 Å². The van der Waals surface area contributed by atoms with Gasteiger partial charge in [0.25, 0.3) is 0 Å². The van der Waals surface area contributed by atoms with Crippen molar-refractivity contribution in [3.63, 3.8) is 0 Å². The number of pyridine rings is 1. The van der Waals surface area contributed by atoms with Gasteiger partial charge in [0, 0.05) is 24.0 Å². The average Bonchev–Trinajstić information content (AvgIpc) is 2.46. The Morgan fingerprint density at radius 2 is 2.22 bits per heavy atom. The van der Waals surface area contributed by atoms with Crippen LogP contribution in [0.1, 0.15) is 11.3 Å². The van der Waals surface area contributed by atoms with E-state index in [-0.39, 0.29) is 0 Å². The van der Waals surface area contributed by atoms with Crippen LogP contribution in [0.5, 0.6) is 5.75 Å². The van der Waals surface area contributed by atoms with Crippen LogP contribution >= 0.6 is 0 Å². The number of hydrogen-bond acceptors (Lipinski definition) is 4. The van der Waals surface area contributed by atoms with E-state index in [9.17, 15) is 0 Å². The van der Waals surface area contributed by atoms with E-state index in [1.807, 2.05) is 30.3 Å². The number of rotatable bonds is 3. The maximum Gasteiger partial charge on any atom is 0.140 e. The van der Waals surface area contributed by atoms with Crippen LogP contribution < -0.4 is 4.74 Å². The molecule has 1 heterocycles. The monoisotopic (exact) mass is 237 g/mol. The van der Waals surface area contributed by atoms with Crippen molar-refractivity contribution in [1.29, 1.82) is 5.26 Å². The van der Waals surface area contributed by atoms with Gasteiger partial charge in [0.2, 0.25) is 0 Å². The number of nitrogens with zero attached hydrogens (tertiary/aromatic N) is 3. The van der Waals surface area contributed by atoms with Crippen molar-refractivity contribution >= 4 is 11.9 Å². The highest BCUT2D eigenvalue weighted by atomic mass is 16.5. The van der Waals surface area contributed by atoms with Crippen molar-refractivity contribution in [2.45, 2.75) is 0 Å². The fraction of sp³-hybridized carbons (Fsp3) is 0.0714. The minimum Gasteiger partial charge on any atom is -0.497 e. The molecule has 0 atom stereocenters. The Bertz CT molecular complexity index is 597. The van der Waals surface area contributed by atoms with Crippen LogP contribution in [-0.2, 0) is 0 Å². The van der Waals surface area contributed by atoms with E-state index in [0.717, 1.165) is 17.0 Å². The Morgan fingerprint density at radius 1 is 1.33 bits per heavy atom. The molecule has 2 aromatic rings. The summed E-state index contributed by atoms with van der Waals surface area (Å²) < 4.78 is 5.11. The van der Waals surface area contributed by atoms with Crippen LogP contribution in [0.15, 0.2) is 47.6 Å². The van der Waals surface area contributed by atoms with Gasteiger partial charge >= 0.3 is 0 Å². The lowest BCUT2D eigenvalue weighted by Crippen LogP contribution is -1.86. The highest BCUT2D eigenvalue weighted by Gasteiger charge is 1.94. The Hall–Kier alpha value is -2.67. The predicted octanol–water partition coefficient (Wildman–Crippen LogP) is 2.71. The fourth-order valence-electron chi connectivity index (χ4n) is 1.39. The highest BCUT2D eigenvalue weighted by molar-refractivity contribution is 5.81. The third-order valence-corrected chi connectivity index (χ3v) is 2.32. The van der Waals surface area contributed by atoms with Crippen LogP contribution in [0.25, 0.3) is 0 Å². The predicted molar refractivity (Wildman–Crippen MR) is 69.2 cm³/mol. The summed E-state index contributed by atoms with van der Waals surface area (Å²) in [5.74, 6) is 0.766. The third-order valence-electron chi connectivity index (χ3n) is 2.32. The van der Waals surface area contributed by atoms with Gasteiger partial charge in [-0.25, -0.2) is 4.98 Å². The molecule has 2 rings (SSSR count). The summed E-state index contributed by atoms with van der Waals surface area (Å²) in [5, 5.41) is 8.63. The number of aliphatic imine (C=N–C) groups is 1. The molecule has 0 radical (unpaired) electrons. The molecule has 0 fully saturated rings. The van der Waals surface area contributed by atoms with Crippen LogP contribution in [0.4, 0.5) is 5.69 Å². The standard InChI is InChI=1S/C14H11N3O/c1-18-14-4-2-3-12(7-14)16-9-11-5-6-13(8-15)17-10-11/h2-7,9-10H,1H3. The van der Waals surface area contributed by atoms with Gasteiger partial charge in [-0.3, -0.25) is 4.99 Å². The van der Waals surface area contributed by atoms with Crippen molar-refractivity contribution in [1.82, 2.24) is 4.98 Å². The van der Waals surface area contributed by atoms with Crippen LogP contribution in [0.2, 0.25) is 0 Å². The number of ether oxygens (including phenoxy) is 1. The van der Waals surface area contributed by atoms with E-state index in [4.69, 9.17) is 10.00 Å². The van der Waals surface area contributed by atoms with E-state index in [1.54, 1.807) is 31.7 Å². The molecule has 0 saturated carbocycles. The van der Waals surface area contributed by atoms with E-state index in [0.29, 0.717) is 5.69 Å². The molecule has 1 aromatic carbocycles.